The first-order valence-electron chi connectivity index (χ1n) is 6.06. The van der Waals surface area contributed by atoms with Gasteiger partial charge in [-0.3, -0.25) is 9.48 Å². The maximum atomic E-state index is 11.4. The van der Waals surface area contributed by atoms with Crippen LogP contribution in [-0.4, -0.2) is 40.3 Å². The standard InChI is InChI=1S/C11H19N5O/c1-16-8-14-10(15-16)4-5-12-7-11(17)13-6-9-2-3-9/h8-9,12H,2-7H2,1H3,(H,13,17). The Hall–Kier alpha value is -1.43. The molecule has 0 aromatic carbocycles. The van der Waals surface area contributed by atoms with Gasteiger partial charge in [0.05, 0.1) is 6.54 Å². The number of aryl methyl sites for hydroxylation is 1. The van der Waals surface area contributed by atoms with Crippen molar-refractivity contribution in [3.63, 3.8) is 0 Å². The Morgan fingerprint density at radius 2 is 2.41 bits per heavy atom. The minimum absolute atomic E-state index is 0.0749. The number of carbonyl (C=O) groups is 1. The summed E-state index contributed by atoms with van der Waals surface area (Å²) in [6, 6.07) is 0. The quantitative estimate of drug-likeness (QED) is 0.626. The van der Waals surface area contributed by atoms with Gasteiger partial charge in [-0.15, -0.1) is 0 Å². The minimum Gasteiger partial charge on any atom is -0.355 e. The average molecular weight is 237 g/mol. The molecule has 1 fully saturated rings. The van der Waals surface area contributed by atoms with Crippen molar-refractivity contribution in [2.45, 2.75) is 19.3 Å². The zero-order valence-electron chi connectivity index (χ0n) is 10.1. The van der Waals surface area contributed by atoms with Crippen LogP contribution in [0.25, 0.3) is 0 Å². The SMILES string of the molecule is Cn1cnc(CCNCC(=O)NCC2CC2)n1. The Balaban J connectivity index is 1.51. The summed E-state index contributed by atoms with van der Waals surface area (Å²) in [5, 5.41) is 10.2. The summed E-state index contributed by atoms with van der Waals surface area (Å²) in [6.07, 6.45) is 4.95. The van der Waals surface area contributed by atoms with Gasteiger partial charge in [-0.2, -0.15) is 5.10 Å². The fourth-order valence-corrected chi connectivity index (χ4v) is 1.54. The third kappa shape index (κ3) is 4.52. The lowest BCUT2D eigenvalue weighted by molar-refractivity contribution is -0.120. The molecule has 0 atom stereocenters. The molecule has 6 heteroatoms. The summed E-state index contributed by atoms with van der Waals surface area (Å²) in [5.41, 5.74) is 0. The highest BCUT2D eigenvalue weighted by molar-refractivity contribution is 5.77. The average Bonchev–Trinajstić information content (AvgIpc) is 3.05. The molecule has 6 nitrogen and oxygen atoms in total. The minimum atomic E-state index is 0.0749. The van der Waals surface area contributed by atoms with E-state index in [1.807, 2.05) is 7.05 Å². The highest BCUT2D eigenvalue weighted by Gasteiger charge is 2.21. The van der Waals surface area contributed by atoms with Crippen molar-refractivity contribution in [2.24, 2.45) is 13.0 Å². The van der Waals surface area contributed by atoms with Gasteiger partial charge < -0.3 is 10.6 Å². The van der Waals surface area contributed by atoms with E-state index in [0.29, 0.717) is 6.54 Å². The molecule has 1 heterocycles. The van der Waals surface area contributed by atoms with E-state index in [4.69, 9.17) is 0 Å². The lowest BCUT2D eigenvalue weighted by atomic mass is 10.4. The molecule has 0 bridgehead atoms. The van der Waals surface area contributed by atoms with Gasteiger partial charge >= 0.3 is 0 Å². The van der Waals surface area contributed by atoms with E-state index in [1.54, 1.807) is 11.0 Å². The van der Waals surface area contributed by atoms with Crippen LogP contribution in [-0.2, 0) is 18.3 Å². The van der Waals surface area contributed by atoms with E-state index >= 15 is 0 Å². The molecule has 1 saturated carbocycles. The van der Waals surface area contributed by atoms with Gasteiger partial charge in [0.2, 0.25) is 5.91 Å². The van der Waals surface area contributed by atoms with Crippen LogP contribution in [0.5, 0.6) is 0 Å². The summed E-state index contributed by atoms with van der Waals surface area (Å²) in [7, 11) is 1.84. The molecule has 17 heavy (non-hydrogen) atoms. The maximum absolute atomic E-state index is 11.4. The van der Waals surface area contributed by atoms with Crippen molar-refractivity contribution in [3.05, 3.63) is 12.2 Å². The van der Waals surface area contributed by atoms with Crippen molar-refractivity contribution in [1.29, 1.82) is 0 Å². The van der Waals surface area contributed by atoms with Crippen LogP contribution in [0.1, 0.15) is 18.7 Å². The Labute approximate surface area is 101 Å². The number of nitrogens with one attached hydrogen (secondary N) is 2. The third-order valence-corrected chi connectivity index (χ3v) is 2.74. The van der Waals surface area contributed by atoms with E-state index in [1.165, 1.54) is 12.8 Å². The molecular formula is C11H19N5O. The fourth-order valence-electron chi connectivity index (χ4n) is 1.54. The van der Waals surface area contributed by atoms with Gasteiger partial charge in [0.15, 0.2) is 5.82 Å². The molecule has 0 radical (unpaired) electrons. The van der Waals surface area contributed by atoms with Gasteiger partial charge in [-0.05, 0) is 18.8 Å². The maximum Gasteiger partial charge on any atom is 0.233 e. The largest absolute Gasteiger partial charge is 0.355 e. The molecule has 0 aliphatic heterocycles. The van der Waals surface area contributed by atoms with E-state index in [0.717, 1.165) is 31.3 Å². The second-order valence-corrected chi connectivity index (χ2v) is 4.51. The molecule has 0 unspecified atom stereocenters. The lowest BCUT2D eigenvalue weighted by Crippen LogP contribution is -2.35. The van der Waals surface area contributed by atoms with Crippen molar-refractivity contribution in [3.8, 4) is 0 Å². The Bertz CT molecular complexity index is 372. The van der Waals surface area contributed by atoms with Gasteiger partial charge in [-0.1, -0.05) is 0 Å². The highest BCUT2D eigenvalue weighted by Crippen LogP contribution is 2.27. The summed E-state index contributed by atoms with van der Waals surface area (Å²) in [4.78, 5) is 15.5. The summed E-state index contributed by atoms with van der Waals surface area (Å²) in [6.45, 7) is 1.93. The molecule has 0 spiro atoms. The molecule has 2 N–H and O–H groups in total. The van der Waals surface area contributed by atoms with Crippen LogP contribution >= 0.6 is 0 Å². The van der Waals surface area contributed by atoms with Crippen LogP contribution < -0.4 is 10.6 Å². The monoisotopic (exact) mass is 237 g/mol. The highest BCUT2D eigenvalue weighted by atomic mass is 16.1. The van der Waals surface area contributed by atoms with Crippen LogP contribution in [0.2, 0.25) is 0 Å². The van der Waals surface area contributed by atoms with Crippen LogP contribution in [0, 0.1) is 5.92 Å². The van der Waals surface area contributed by atoms with Crippen LogP contribution in [0.4, 0.5) is 0 Å². The summed E-state index contributed by atoms with van der Waals surface area (Å²) < 4.78 is 1.68. The molecule has 1 aliphatic carbocycles. The molecule has 1 amide bonds. The molecular weight excluding hydrogens is 218 g/mol. The predicted octanol–water partition coefficient (Wildman–Crippen LogP) is -0.527. The number of hydrogen-bond acceptors (Lipinski definition) is 4. The van der Waals surface area contributed by atoms with Gasteiger partial charge in [-0.25, -0.2) is 4.98 Å². The normalized spacial score (nSPS) is 14.9. The Morgan fingerprint density at radius 3 is 3.06 bits per heavy atom. The zero-order chi connectivity index (χ0) is 12.1. The van der Waals surface area contributed by atoms with Crippen LogP contribution in [0.15, 0.2) is 6.33 Å². The van der Waals surface area contributed by atoms with Gasteiger partial charge in [0, 0.05) is 26.6 Å². The Kier molecular flexibility index (Phi) is 4.08. The molecule has 1 aromatic heterocycles. The molecule has 1 aromatic rings. The van der Waals surface area contributed by atoms with Gasteiger partial charge in [0.1, 0.15) is 6.33 Å². The lowest BCUT2D eigenvalue weighted by Gasteiger charge is -2.04. The number of hydrogen-bond donors (Lipinski definition) is 2. The number of nitrogens with zero attached hydrogens (tertiary/aromatic N) is 3. The number of aromatic nitrogens is 3. The van der Waals surface area contributed by atoms with E-state index in [2.05, 4.69) is 20.7 Å². The number of rotatable bonds is 7. The number of amides is 1. The number of carbonyl (C=O) groups excluding carboxylic acids is 1. The van der Waals surface area contributed by atoms with Crippen molar-refractivity contribution in [1.82, 2.24) is 25.4 Å². The Morgan fingerprint density at radius 1 is 1.59 bits per heavy atom. The molecule has 1 aliphatic rings. The van der Waals surface area contributed by atoms with Crippen molar-refractivity contribution < 1.29 is 4.79 Å². The van der Waals surface area contributed by atoms with Gasteiger partial charge in [0.25, 0.3) is 0 Å². The first-order valence-corrected chi connectivity index (χ1v) is 6.06. The smallest absolute Gasteiger partial charge is 0.233 e. The van der Waals surface area contributed by atoms with Crippen LogP contribution in [0.3, 0.4) is 0 Å². The predicted molar refractivity (Wildman–Crippen MR) is 63.3 cm³/mol. The molecule has 94 valence electrons. The van der Waals surface area contributed by atoms with E-state index < -0.39 is 0 Å². The van der Waals surface area contributed by atoms with Crippen molar-refractivity contribution >= 4 is 5.91 Å². The van der Waals surface area contributed by atoms with E-state index in [9.17, 15) is 4.79 Å². The zero-order valence-corrected chi connectivity index (χ0v) is 10.1. The first kappa shape index (κ1) is 12.0. The summed E-state index contributed by atoms with van der Waals surface area (Å²) in [5.74, 6) is 1.61. The first-order chi connectivity index (χ1) is 8.24. The fraction of sp³-hybridized carbons (Fsp3) is 0.727. The molecule has 2 rings (SSSR count). The second kappa shape index (κ2) is 5.77. The molecule has 0 saturated heterocycles. The van der Waals surface area contributed by atoms with E-state index in [-0.39, 0.29) is 5.91 Å². The topological polar surface area (TPSA) is 71.8 Å². The second-order valence-electron chi connectivity index (χ2n) is 4.51. The third-order valence-electron chi connectivity index (χ3n) is 2.74. The van der Waals surface area contributed by atoms with Crippen molar-refractivity contribution in [2.75, 3.05) is 19.6 Å². The summed E-state index contributed by atoms with van der Waals surface area (Å²) >= 11 is 0.